The number of rotatable bonds is 3. The molecule has 0 saturated carbocycles. The first kappa shape index (κ1) is 12.9. The summed E-state index contributed by atoms with van der Waals surface area (Å²) in [5, 5.41) is 0. The van der Waals surface area contributed by atoms with Crippen molar-refractivity contribution in [3.05, 3.63) is 0 Å². The van der Waals surface area contributed by atoms with Crippen molar-refractivity contribution in [2.75, 3.05) is 18.8 Å². The fourth-order valence-electron chi connectivity index (χ4n) is 1.81. The van der Waals surface area contributed by atoms with E-state index in [2.05, 4.69) is 13.8 Å². The number of nitrogens with zero attached hydrogens (tertiary/aromatic N) is 1. The largest absolute Gasteiger partial charge is 0.327 e. The van der Waals surface area contributed by atoms with E-state index in [0.717, 1.165) is 12.8 Å². The van der Waals surface area contributed by atoms with Crippen molar-refractivity contribution in [1.82, 2.24) is 4.31 Å². The summed E-state index contributed by atoms with van der Waals surface area (Å²) in [4.78, 5) is 0. The molecule has 1 rings (SSSR count). The summed E-state index contributed by atoms with van der Waals surface area (Å²) in [5.74, 6) is 0.0629. The summed E-state index contributed by atoms with van der Waals surface area (Å²) in [6.07, 6.45) is 1.87. The predicted octanol–water partition coefficient (Wildman–Crippen LogP) is 0.785. The summed E-state index contributed by atoms with van der Waals surface area (Å²) >= 11 is 0. The van der Waals surface area contributed by atoms with Crippen LogP contribution in [0.5, 0.6) is 0 Å². The molecule has 0 aromatic heterocycles. The molecule has 0 aliphatic carbocycles. The maximum absolute atomic E-state index is 11.9. The van der Waals surface area contributed by atoms with Crippen molar-refractivity contribution >= 4 is 10.0 Å². The smallest absolute Gasteiger partial charge is 0.215 e. The lowest BCUT2D eigenvalue weighted by Gasteiger charge is -2.36. The second kappa shape index (κ2) is 4.39. The number of sulfonamides is 1. The molecule has 1 aliphatic rings. The van der Waals surface area contributed by atoms with Crippen molar-refractivity contribution in [2.24, 2.45) is 11.1 Å². The van der Waals surface area contributed by atoms with E-state index in [1.807, 2.05) is 0 Å². The second-order valence-electron chi connectivity index (χ2n) is 5.32. The van der Waals surface area contributed by atoms with E-state index in [-0.39, 0.29) is 17.2 Å². The third-order valence-corrected chi connectivity index (χ3v) is 5.04. The van der Waals surface area contributed by atoms with Crippen LogP contribution in [0.1, 0.15) is 33.6 Å². The Morgan fingerprint density at radius 3 is 2.20 bits per heavy atom. The molecule has 90 valence electrons. The Bertz CT molecular complexity index is 299. The lowest BCUT2D eigenvalue weighted by atomic mass is 9.83. The van der Waals surface area contributed by atoms with E-state index in [0.29, 0.717) is 13.1 Å². The van der Waals surface area contributed by atoms with Gasteiger partial charge in [0.15, 0.2) is 0 Å². The van der Waals surface area contributed by atoms with Gasteiger partial charge >= 0.3 is 0 Å². The lowest BCUT2D eigenvalue weighted by Crippen LogP contribution is -2.44. The minimum atomic E-state index is -3.12. The van der Waals surface area contributed by atoms with Gasteiger partial charge < -0.3 is 5.73 Å². The summed E-state index contributed by atoms with van der Waals surface area (Å²) in [5.41, 5.74) is 5.81. The maximum Gasteiger partial charge on any atom is 0.215 e. The highest BCUT2D eigenvalue weighted by atomic mass is 32.2. The minimum Gasteiger partial charge on any atom is -0.327 e. The topological polar surface area (TPSA) is 63.4 Å². The Balaban J connectivity index is 2.60. The van der Waals surface area contributed by atoms with Crippen LogP contribution in [-0.2, 0) is 10.0 Å². The average molecular weight is 234 g/mol. The molecule has 0 aromatic carbocycles. The zero-order valence-corrected chi connectivity index (χ0v) is 10.7. The Kier molecular flexibility index (Phi) is 3.79. The number of piperidine rings is 1. The van der Waals surface area contributed by atoms with Crippen LogP contribution in [0.25, 0.3) is 0 Å². The SMILES string of the molecule is CC(N)CS(=O)(=O)N1CCC(C)(C)CC1. The van der Waals surface area contributed by atoms with E-state index in [9.17, 15) is 8.42 Å². The first-order valence-electron chi connectivity index (χ1n) is 5.46. The predicted molar refractivity (Wildman–Crippen MR) is 62.0 cm³/mol. The highest BCUT2D eigenvalue weighted by Crippen LogP contribution is 2.30. The van der Waals surface area contributed by atoms with E-state index in [4.69, 9.17) is 5.73 Å². The molecule has 1 heterocycles. The van der Waals surface area contributed by atoms with E-state index >= 15 is 0 Å². The summed E-state index contributed by atoms with van der Waals surface area (Å²) in [7, 11) is -3.12. The normalized spacial score (nSPS) is 25.1. The molecule has 1 fully saturated rings. The average Bonchev–Trinajstić information content (AvgIpc) is 2.00. The van der Waals surface area contributed by atoms with Crippen LogP contribution in [0.15, 0.2) is 0 Å². The lowest BCUT2D eigenvalue weighted by molar-refractivity contribution is 0.195. The van der Waals surface area contributed by atoms with E-state index in [1.54, 1.807) is 11.2 Å². The van der Waals surface area contributed by atoms with Crippen LogP contribution in [0.2, 0.25) is 0 Å². The van der Waals surface area contributed by atoms with Gasteiger partial charge in [-0.2, -0.15) is 0 Å². The van der Waals surface area contributed by atoms with Gasteiger partial charge in [-0.25, -0.2) is 12.7 Å². The van der Waals surface area contributed by atoms with Gasteiger partial charge in [-0.05, 0) is 25.2 Å². The Labute approximate surface area is 92.9 Å². The molecule has 0 bridgehead atoms. The van der Waals surface area contributed by atoms with E-state index in [1.165, 1.54) is 0 Å². The molecule has 1 saturated heterocycles. The highest BCUT2D eigenvalue weighted by Gasteiger charge is 2.31. The minimum absolute atomic E-state index is 0.0629. The van der Waals surface area contributed by atoms with Gasteiger partial charge in [-0.1, -0.05) is 13.8 Å². The molecule has 0 radical (unpaired) electrons. The van der Waals surface area contributed by atoms with Gasteiger partial charge in [0.25, 0.3) is 0 Å². The molecular weight excluding hydrogens is 212 g/mol. The van der Waals surface area contributed by atoms with Crippen LogP contribution in [0, 0.1) is 5.41 Å². The number of nitrogens with two attached hydrogens (primary N) is 1. The molecule has 1 atom stereocenters. The Hall–Kier alpha value is -0.130. The third-order valence-electron chi connectivity index (χ3n) is 2.94. The van der Waals surface area contributed by atoms with Crippen LogP contribution >= 0.6 is 0 Å². The highest BCUT2D eigenvalue weighted by molar-refractivity contribution is 7.89. The molecular formula is C10H22N2O2S. The number of hydrogen-bond donors (Lipinski definition) is 1. The van der Waals surface area contributed by atoms with E-state index < -0.39 is 10.0 Å². The molecule has 0 amide bonds. The number of hydrogen-bond acceptors (Lipinski definition) is 3. The summed E-state index contributed by atoms with van der Waals surface area (Å²) in [6, 6.07) is -0.287. The fourth-order valence-corrected chi connectivity index (χ4v) is 3.42. The maximum atomic E-state index is 11.9. The first-order chi connectivity index (χ1) is 6.73. The van der Waals surface area contributed by atoms with Gasteiger partial charge in [-0.3, -0.25) is 0 Å². The van der Waals surface area contributed by atoms with Gasteiger partial charge in [0.1, 0.15) is 0 Å². The molecule has 0 spiro atoms. The Morgan fingerprint density at radius 1 is 1.33 bits per heavy atom. The van der Waals surface area contributed by atoms with Gasteiger partial charge in [0.2, 0.25) is 10.0 Å². The van der Waals surface area contributed by atoms with Crippen molar-refractivity contribution < 1.29 is 8.42 Å². The molecule has 1 aliphatic heterocycles. The second-order valence-corrected chi connectivity index (χ2v) is 7.33. The first-order valence-corrected chi connectivity index (χ1v) is 7.07. The molecule has 1 unspecified atom stereocenters. The van der Waals surface area contributed by atoms with Crippen LogP contribution in [0.3, 0.4) is 0 Å². The van der Waals surface area contributed by atoms with Crippen molar-refractivity contribution in [2.45, 2.75) is 39.7 Å². The van der Waals surface area contributed by atoms with Gasteiger partial charge in [0, 0.05) is 19.1 Å². The quantitative estimate of drug-likeness (QED) is 0.785. The molecule has 0 aromatic rings. The van der Waals surface area contributed by atoms with Gasteiger partial charge in [-0.15, -0.1) is 0 Å². The molecule has 2 N–H and O–H groups in total. The van der Waals surface area contributed by atoms with Crippen molar-refractivity contribution in [3.8, 4) is 0 Å². The van der Waals surface area contributed by atoms with Crippen molar-refractivity contribution in [1.29, 1.82) is 0 Å². The van der Waals surface area contributed by atoms with Crippen LogP contribution in [-0.4, -0.2) is 37.6 Å². The zero-order valence-electron chi connectivity index (χ0n) is 9.86. The fraction of sp³-hybridized carbons (Fsp3) is 1.00. The van der Waals surface area contributed by atoms with Crippen LogP contribution in [0.4, 0.5) is 0 Å². The molecule has 15 heavy (non-hydrogen) atoms. The molecule has 4 nitrogen and oxygen atoms in total. The molecule has 5 heteroatoms. The van der Waals surface area contributed by atoms with Crippen molar-refractivity contribution in [3.63, 3.8) is 0 Å². The summed E-state index contributed by atoms with van der Waals surface area (Å²) < 4.78 is 25.3. The monoisotopic (exact) mass is 234 g/mol. The third kappa shape index (κ3) is 3.74. The zero-order chi connectivity index (χ0) is 11.7. The van der Waals surface area contributed by atoms with Gasteiger partial charge in [0.05, 0.1) is 5.75 Å². The van der Waals surface area contributed by atoms with Crippen LogP contribution < -0.4 is 5.73 Å². The standard InChI is InChI=1S/C10H22N2O2S/c1-9(11)8-15(13,14)12-6-4-10(2,3)5-7-12/h9H,4-8,11H2,1-3H3. The Morgan fingerprint density at radius 2 is 1.80 bits per heavy atom. The summed E-state index contributed by atoms with van der Waals surface area (Å²) in [6.45, 7) is 7.38.